The number of aromatic nitrogens is 1. The zero-order valence-electron chi connectivity index (χ0n) is 7.74. The first-order valence-corrected chi connectivity index (χ1v) is 5.28. The first-order valence-electron chi connectivity index (χ1n) is 4.09. The zero-order chi connectivity index (χ0) is 11.2. The number of hydrogen-bond acceptors (Lipinski definition) is 4. The number of aromatic carboxylic acids is 1. The van der Waals surface area contributed by atoms with E-state index in [9.17, 15) is 4.79 Å². The molecule has 0 aliphatic heterocycles. The highest BCUT2D eigenvalue weighted by molar-refractivity contribution is 7.22. The molecule has 1 aromatic heterocycles. The molecule has 0 spiro atoms. The van der Waals surface area contributed by atoms with Gasteiger partial charge in [-0.3, -0.25) is 0 Å². The molecule has 0 fully saturated rings. The third kappa shape index (κ3) is 1.53. The van der Waals surface area contributed by atoms with E-state index < -0.39 is 5.97 Å². The van der Waals surface area contributed by atoms with Crippen molar-refractivity contribution in [3.05, 3.63) is 22.2 Å². The molecule has 0 radical (unpaired) electrons. The summed E-state index contributed by atoms with van der Waals surface area (Å²) in [6, 6.07) is 1.51. The number of nitrogens with two attached hydrogens (primary N) is 1. The topological polar surface area (TPSA) is 76.2 Å². The van der Waals surface area contributed by atoms with E-state index in [2.05, 4.69) is 4.98 Å². The van der Waals surface area contributed by atoms with Crippen LogP contribution < -0.4 is 5.73 Å². The molecule has 1 aromatic carbocycles. The van der Waals surface area contributed by atoms with Gasteiger partial charge in [-0.1, -0.05) is 22.9 Å². The molecule has 2 aromatic rings. The quantitative estimate of drug-likeness (QED) is 0.806. The third-order valence-electron chi connectivity index (χ3n) is 2.04. The predicted octanol–water partition coefficient (Wildman–Crippen LogP) is 2.54. The Bertz CT molecular complexity index is 565. The van der Waals surface area contributed by atoms with Gasteiger partial charge in [0.2, 0.25) is 0 Å². The Kier molecular flexibility index (Phi) is 2.28. The largest absolute Gasteiger partial charge is 0.478 e. The van der Waals surface area contributed by atoms with Gasteiger partial charge in [0, 0.05) is 0 Å². The average molecular weight is 243 g/mol. The van der Waals surface area contributed by atoms with Gasteiger partial charge in [0.15, 0.2) is 5.13 Å². The molecule has 2 rings (SSSR count). The number of hydrogen-bond donors (Lipinski definition) is 2. The molecule has 0 bridgehead atoms. The predicted molar refractivity (Wildman–Crippen MR) is 60.7 cm³/mol. The lowest BCUT2D eigenvalue weighted by atomic mass is 10.1. The number of carboxylic acid groups (broad SMARTS) is 1. The van der Waals surface area contributed by atoms with Crippen LogP contribution in [0.1, 0.15) is 15.9 Å². The van der Waals surface area contributed by atoms with Gasteiger partial charge in [-0.2, -0.15) is 0 Å². The van der Waals surface area contributed by atoms with Crippen LogP contribution in [-0.4, -0.2) is 16.1 Å². The Morgan fingerprint density at radius 1 is 1.67 bits per heavy atom. The number of thiazole rings is 1. The van der Waals surface area contributed by atoms with Crippen LogP contribution >= 0.6 is 22.9 Å². The number of fused-ring (bicyclic) bond motifs is 1. The lowest BCUT2D eigenvalue weighted by Crippen LogP contribution is -1.98. The van der Waals surface area contributed by atoms with Gasteiger partial charge in [0.1, 0.15) is 0 Å². The Morgan fingerprint density at radius 3 is 2.93 bits per heavy atom. The number of aryl methyl sites for hydroxylation is 1. The van der Waals surface area contributed by atoms with Gasteiger partial charge in [0.05, 0.1) is 20.8 Å². The SMILES string of the molecule is Cc1cc(C(=O)O)c(Cl)c2sc(N)nc12. The van der Waals surface area contributed by atoms with Gasteiger partial charge < -0.3 is 10.8 Å². The van der Waals surface area contributed by atoms with Crippen LogP contribution in [-0.2, 0) is 0 Å². The summed E-state index contributed by atoms with van der Waals surface area (Å²) in [5, 5.41) is 9.52. The molecular formula is C9H7ClN2O2S. The summed E-state index contributed by atoms with van der Waals surface area (Å²) >= 11 is 7.15. The van der Waals surface area contributed by atoms with E-state index >= 15 is 0 Å². The number of benzene rings is 1. The number of nitrogen functional groups attached to an aromatic ring is 1. The minimum Gasteiger partial charge on any atom is -0.478 e. The van der Waals surface area contributed by atoms with E-state index in [0.29, 0.717) is 15.3 Å². The summed E-state index contributed by atoms with van der Waals surface area (Å²) in [6.45, 7) is 1.78. The molecule has 6 heteroatoms. The number of anilines is 1. The molecule has 0 amide bonds. The van der Waals surface area contributed by atoms with E-state index in [-0.39, 0.29) is 10.6 Å². The fourth-order valence-corrected chi connectivity index (χ4v) is 2.57. The monoisotopic (exact) mass is 242 g/mol. The van der Waals surface area contributed by atoms with E-state index in [1.807, 2.05) is 0 Å². The van der Waals surface area contributed by atoms with Crippen LogP contribution in [0.2, 0.25) is 5.02 Å². The molecule has 1 heterocycles. The number of carbonyl (C=O) groups is 1. The maximum Gasteiger partial charge on any atom is 0.337 e. The summed E-state index contributed by atoms with van der Waals surface area (Å²) in [4.78, 5) is 15.0. The van der Waals surface area contributed by atoms with E-state index in [1.54, 1.807) is 6.92 Å². The lowest BCUT2D eigenvalue weighted by Gasteiger charge is -2.01. The van der Waals surface area contributed by atoms with E-state index in [4.69, 9.17) is 22.4 Å². The molecule has 15 heavy (non-hydrogen) atoms. The van der Waals surface area contributed by atoms with Gasteiger partial charge in [-0.25, -0.2) is 9.78 Å². The van der Waals surface area contributed by atoms with Crippen molar-refractivity contribution in [3.63, 3.8) is 0 Å². The second-order valence-electron chi connectivity index (χ2n) is 3.09. The van der Waals surface area contributed by atoms with Gasteiger partial charge in [-0.05, 0) is 18.6 Å². The molecule has 0 unspecified atom stereocenters. The van der Waals surface area contributed by atoms with Crippen molar-refractivity contribution in [3.8, 4) is 0 Å². The first kappa shape index (κ1) is 10.2. The maximum atomic E-state index is 10.9. The first-order chi connectivity index (χ1) is 7.00. The van der Waals surface area contributed by atoms with E-state index in [0.717, 1.165) is 5.56 Å². The smallest absolute Gasteiger partial charge is 0.337 e. The molecule has 78 valence electrons. The van der Waals surface area contributed by atoms with Crippen molar-refractivity contribution in [1.29, 1.82) is 0 Å². The van der Waals surface area contributed by atoms with Crippen LogP contribution in [0, 0.1) is 6.92 Å². The van der Waals surface area contributed by atoms with Crippen molar-refractivity contribution < 1.29 is 9.90 Å². The summed E-state index contributed by atoms with van der Waals surface area (Å²) in [6.07, 6.45) is 0. The molecule has 0 aliphatic rings. The minimum atomic E-state index is -1.04. The Hall–Kier alpha value is -1.33. The van der Waals surface area contributed by atoms with Crippen LogP contribution in [0.4, 0.5) is 5.13 Å². The lowest BCUT2D eigenvalue weighted by molar-refractivity contribution is 0.0697. The van der Waals surface area contributed by atoms with Crippen molar-refractivity contribution in [2.24, 2.45) is 0 Å². The third-order valence-corrected chi connectivity index (χ3v) is 3.45. The molecule has 0 aliphatic carbocycles. The maximum absolute atomic E-state index is 10.9. The Labute approximate surface area is 94.3 Å². The molecular weight excluding hydrogens is 236 g/mol. The fourth-order valence-electron chi connectivity index (χ4n) is 1.38. The summed E-state index contributed by atoms with van der Waals surface area (Å²) in [5.41, 5.74) is 7.08. The highest BCUT2D eigenvalue weighted by Gasteiger charge is 2.16. The van der Waals surface area contributed by atoms with Crippen LogP contribution in [0.25, 0.3) is 10.2 Å². The number of halogens is 1. The highest BCUT2D eigenvalue weighted by atomic mass is 35.5. The molecule has 0 saturated carbocycles. The van der Waals surface area contributed by atoms with Crippen molar-refractivity contribution in [2.45, 2.75) is 6.92 Å². The summed E-state index contributed by atoms with van der Waals surface area (Å²) < 4.78 is 0.631. The van der Waals surface area contributed by atoms with Crippen LogP contribution in [0.15, 0.2) is 6.07 Å². The highest BCUT2D eigenvalue weighted by Crippen LogP contribution is 2.35. The molecule has 0 atom stereocenters. The second kappa shape index (κ2) is 3.36. The summed E-state index contributed by atoms with van der Waals surface area (Å²) in [7, 11) is 0. The van der Waals surface area contributed by atoms with Crippen molar-refractivity contribution >= 4 is 44.3 Å². The summed E-state index contributed by atoms with van der Waals surface area (Å²) in [5.74, 6) is -1.04. The van der Waals surface area contributed by atoms with Gasteiger partial charge in [0.25, 0.3) is 0 Å². The van der Waals surface area contributed by atoms with Crippen molar-refractivity contribution in [2.75, 3.05) is 5.73 Å². The molecule has 4 nitrogen and oxygen atoms in total. The molecule has 3 N–H and O–H groups in total. The average Bonchev–Trinajstić information content (AvgIpc) is 2.53. The van der Waals surface area contributed by atoms with Gasteiger partial charge in [-0.15, -0.1) is 0 Å². The van der Waals surface area contributed by atoms with E-state index in [1.165, 1.54) is 17.4 Å². The van der Waals surface area contributed by atoms with Crippen LogP contribution in [0.3, 0.4) is 0 Å². The molecule has 0 saturated heterocycles. The van der Waals surface area contributed by atoms with Crippen molar-refractivity contribution in [1.82, 2.24) is 4.98 Å². The van der Waals surface area contributed by atoms with Gasteiger partial charge >= 0.3 is 5.97 Å². The minimum absolute atomic E-state index is 0.0883. The zero-order valence-corrected chi connectivity index (χ0v) is 9.32. The Morgan fingerprint density at radius 2 is 2.33 bits per heavy atom. The standard InChI is InChI=1S/C9H7ClN2O2S/c1-3-2-4(8(13)14)5(10)7-6(3)12-9(11)15-7/h2H,1H3,(H2,11,12)(H,13,14). The fraction of sp³-hybridized carbons (Fsp3) is 0.111. The number of nitrogens with zero attached hydrogens (tertiary/aromatic N) is 1. The normalized spacial score (nSPS) is 10.8. The second-order valence-corrected chi connectivity index (χ2v) is 4.50. The Balaban J connectivity index is 2.89. The number of carboxylic acids is 1. The van der Waals surface area contributed by atoms with Crippen LogP contribution in [0.5, 0.6) is 0 Å². The number of rotatable bonds is 1.